The Morgan fingerprint density at radius 2 is 2.00 bits per heavy atom. The van der Waals surface area contributed by atoms with Crippen LogP contribution in [0.2, 0.25) is 0 Å². The summed E-state index contributed by atoms with van der Waals surface area (Å²) in [7, 11) is 0. The van der Waals surface area contributed by atoms with Crippen LogP contribution in [0.15, 0.2) is 52.1 Å². The summed E-state index contributed by atoms with van der Waals surface area (Å²) in [5.74, 6) is 0.595. The maximum atomic E-state index is 12.3. The predicted octanol–water partition coefficient (Wildman–Crippen LogP) is 6.37. The van der Waals surface area contributed by atoms with E-state index in [1.807, 2.05) is 13.0 Å². The van der Waals surface area contributed by atoms with Crippen molar-refractivity contribution in [3.8, 4) is 22.8 Å². The lowest BCUT2D eigenvalue weighted by Crippen LogP contribution is -2.17. The van der Waals surface area contributed by atoms with E-state index in [0.717, 1.165) is 26.5 Å². The van der Waals surface area contributed by atoms with Crippen LogP contribution in [0.4, 0.5) is 13.2 Å². The largest absolute Gasteiger partial charge is 0.573 e. The van der Waals surface area contributed by atoms with E-state index in [1.165, 1.54) is 24.3 Å². The Labute approximate surface area is 170 Å². The third kappa shape index (κ3) is 4.94. The first-order valence-corrected chi connectivity index (χ1v) is 9.92. The van der Waals surface area contributed by atoms with E-state index in [-0.39, 0.29) is 5.75 Å². The van der Waals surface area contributed by atoms with Gasteiger partial charge < -0.3 is 9.72 Å². The molecule has 3 aromatic rings. The maximum absolute atomic E-state index is 12.3. The molecule has 0 amide bonds. The summed E-state index contributed by atoms with van der Waals surface area (Å²) in [5, 5.41) is 0. The van der Waals surface area contributed by atoms with Gasteiger partial charge >= 0.3 is 6.36 Å². The SMILES string of the molecule is CCSc1cc(Br)cnc1-c1cn(-c2ccc(OC(F)(F)F)cc2)c(=S)[nH]1. The van der Waals surface area contributed by atoms with Crippen molar-refractivity contribution in [2.75, 3.05) is 5.75 Å². The molecule has 0 saturated heterocycles. The highest BCUT2D eigenvalue weighted by Crippen LogP contribution is 2.32. The number of thioether (sulfide) groups is 1. The molecule has 27 heavy (non-hydrogen) atoms. The van der Waals surface area contributed by atoms with Gasteiger partial charge in [0, 0.05) is 27.4 Å². The first kappa shape index (κ1) is 20.0. The van der Waals surface area contributed by atoms with Crippen molar-refractivity contribution in [2.24, 2.45) is 0 Å². The van der Waals surface area contributed by atoms with Crippen molar-refractivity contribution in [1.29, 1.82) is 0 Å². The molecule has 1 N–H and O–H groups in total. The van der Waals surface area contributed by atoms with E-state index in [0.29, 0.717) is 10.5 Å². The minimum Gasteiger partial charge on any atom is -0.406 e. The van der Waals surface area contributed by atoms with Gasteiger partial charge in [-0.05, 0) is 64.2 Å². The van der Waals surface area contributed by atoms with Gasteiger partial charge in [0.15, 0.2) is 4.77 Å². The molecule has 10 heteroatoms. The number of nitrogens with zero attached hydrogens (tertiary/aromatic N) is 2. The number of nitrogens with one attached hydrogen (secondary N) is 1. The first-order valence-electron chi connectivity index (χ1n) is 7.73. The van der Waals surface area contributed by atoms with Crippen LogP contribution in [0.5, 0.6) is 5.75 Å². The van der Waals surface area contributed by atoms with Crippen molar-refractivity contribution < 1.29 is 17.9 Å². The monoisotopic (exact) mass is 475 g/mol. The lowest BCUT2D eigenvalue weighted by molar-refractivity contribution is -0.274. The van der Waals surface area contributed by atoms with E-state index in [2.05, 4.69) is 30.6 Å². The number of halogens is 4. The highest BCUT2D eigenvalue weighted by Gasteiger charge is 2.31. The lowest BCUT2D eigenvalue weighted by atomic mass is 10.3. The summed E-state index contributed by atoms with van der Waals surface area (Å²) in [5.41, 5.74) is 2.09. The number of ether oxygens (including phenoxy) is 1. The van der Waals surface area contributed by atoms with Gasteiger partial charge in [-0.3, -0.25) is 9.55 Å². The summed E-state index contributed by atoms with van der Waals surface area (Å²) >= 11 is 10.4. The third-order valence-corrected chi connectivity index (χ3v) is 5.08. The fourth-order valence-electron chi connectivity index (χ4n) is 2.40. The van der Waals surface area contributed by atoms with Gasteiger partial charge in [-0.2, -0.15) is 0 Å². The highest BCUT2D eigenvalue weighted by molar-refractivity contribution is 9.10. The van der Waals surface area contributed by atoms with E-state index in [4.69, 9.17) is 12.2 Å². The maximum Gasteiger partial charge on any atom is 0.573 e. The molecule has 0 unspecified atom stereocenters. The van der Waals surface area contributed by atoms with Crippen LogP contribution in [0.25, 0.3) is 17.1 Å². The summed E-state index contributed by atoms with van der Waals surface area (Å²) < 4.78 is 43.7. The summed E-state index contributed by atoms with van der Waals surface area (Å²) in [6.07, 6.45) is -1.25. The summed E-state index contributed by atoms with van der Waals surface area (Å²) in [6, 6.07) is 7.48. The Hall–Kier alpha value is -1.78. The molecule has 1 aromatic carbocycles. The van der Waals surface area contributed by atoms with E-state index >= 15 is 0 Å². The quantitative estimate of drug-likeness (QED) is 0.343. The second-order valence-electron chi connectivity index (χ2n) is 5.32. The average molecular weight is 476 g/mol. The van der Waals surface area contributed by atoms with Crippen molar-refractivity contribution in [2.45, 2.75) is 18.2 Å². The second kappa shape index (κ2) is 8.07. The molecule has 2 aromatic heterocycles. The molecular formula is C17H13BrF3N3OS2. The molecule has 3 rings (SSSR count). The van der Waals surface area contributed by atoms with Gasteiger partial charge in [-0.1, -0.05) is 6.92 Å². The molecule has 0 aliphatic carbocycles. The number of aromatic nitrogens is 3. The number of benzene rings is 1. The van der Waals surface area contributed by atoms with Crippen molar-refractivity contribution in [3.63, 3.8) is 0 Å². The zero-order valence-corrected chi connectivity index (χ0v) is 17.1. The van der Waals surface area contributed by atoms with Crippen molar-refractivity contribution >= 4 is 39.9 Å². The molecule has 0 saturated carbocycles. The molecule has 0 fully saturated rings. The van der Waals surface area contributed by atoms with Crippen LogP contribution in [-0.2, 0) is 0 Å². The molecule has 4 nitrogen and oxygen atoms in total. The number of rotatable bonds is 5. The van der Waals surface area contributed by atoms with Gasteiger partial charge in [0.1, 0.15) is 11.4 Å². The highest BCUT2D eigenvalue weighted by atomic mass is 79.9. The standard InChI is InChI=1S/C17H13BrF3N3OS2/c1-2-27-14-7-10(18)8-22-15(14)13-9-24(16(26)23-13)11-3-5-12(6-4-11)25-17(19,20)21/h3-9H,2H2,1H3,(H,23,26). The van der Waals surface area contributed by atoms with E-state index < -0.39 is 6.36 Å². The van der Waals surface area contributed by atoms with Crippen LogP contribution in [0, 0.1) is 4.77 Å². The van der Waals surface area contributed by atoms with E-state index in [9.17, 15) is 13.2 Å². The summed E-state index contributed by atoms with van der Waals surface area (Å²) in [4.78, 5) is 8.56. The Kier molecular flexibility index (Phi) is 5.97. The Morgan fingerprint density at radius 3 is 2.63 bits per heavy atom. The Balaban J connectivity index is 1.95. The van der Waals surface area contributed by atoms with Crippen LogP contribution in [-0.4, -0.2) is 26.7 Å². The van der Waals surface area contributed by atoms with Gasteiger partial charge in [0.05, 0.1) is 5.69 Å². The van der Waals surface area contributed by atoms with Gasteiger partial charge in [0.2, 0.25) is 0 Å². The van der Waals surface area contributed by atoms with Gasteiger partial charge in [-0.25, -0.2) is 0 Å². The van der Waals surface area contributed by atoms with Gasteiger partial charge in [0.25, 0.3) is 0 Å². The van der Waals surface area contributed by atoms with Crippen LogP contribution >= 0.6 is 39.9 Å². The normalized spacial score (nSPS) is 11.6. The third-order valence-electron chi connectivity index (χ3n) is 3.44. The molecule has 0 radical (unpaired) electrons. The molecule has 0 bridgehead atoms. The average Bonchev–Trinajstić information content (AvgIpc) is 2.96. The predicted molar refractivity (Wildman–Crippen MR) is 105 cm³/mol. The zero-order valence-electron chi connectivity index (χ0n) is 13.9. The first-order chi connectivity index (χ1) is 12.8. The van der Waals surface area contributed by atoms with Crippen LogP contribution < -0.4 is 4.74 Å². The number of imidazole rings is 1. The minimum absolute atomic E-state index is 0.287. The zero-order chi connectivity index (χ0) is 19.6. The van der Waals surface area contributed by atoms with Gasteiger partial charge in [-0.15, -0.1) is 24.9 Å². The Morgan fingerprint density at radius 1 is 1.30 bits per heavy atom. The number of hydrogen-bond donors (Lipinski definition) is 1. The molecule has 2 heterocycles. The number of H-pyrrole nitrogens is 1. The fraction of sp³-hybridized carbons (Fsp3) is 0.176. The molecule has 0 spiro atoms. The van der Waals surface area contributed by atoms with Crippen molar-refractivity contribution in [1.82, 2.24) is 14.5 Å². The number of alkyl halides is 3. The number of aromatic amines is 1. The topological polar surface area (TPSA) is 42.8 Å². The molecule has 0 atom stereocenters. The number of hydrogen-bond acceptors (Lipinski definition) is 4. The second-order valence-corrected chi connectivity index (χ2v) is 7.93. The summed E-state index contributed by atoms with van der Waals surface area (Å²) in [6.45, 7) is 2.05. The molecular weight excluding hydrogens is 463 g/mol. The molecule has 142 valence electrons. The Bertz CT molecular complexity index is 1000. The smallest absolute Gasteiger partial charge is 0.406 e. The van der Waals surface area contributed by atoms with Crippen molar-refractivity contribution in [3.05, 3.63) is 52.0 Å². The van der Waals surface area contributed by atoms with E-state index in [1.54, 1.807) is 28.7 Å². The lowest BCUT2D eigenvalue weighted by Gasteiger charge is -2.09. The van der Waals surface area contributed by atoms with Crippen LogP contribution in [0.1, 0.15) is 6.92 Å². The molecule has 0 aliphatic rings. The number of pyridine rings is 1. The molecule has 0 aliphatic heterocycles. The fourth-order valence-corrected chi connectivity index (χ4v) is 3.98. The van der Waals surface area contributed by atoms with Crippen LogP contribution in [0.3, 0.4) is 0 Å². The minimum atomic E-state index is -4.72.